The zero-order chi connectivity index (χ0) is 19.0. The largest absolute Gasteiger partial charge is 0.348 e. The molecule has 2 heterocycles. The molecule has 0 amide bonds. The van der Waals surface area contributed by atoms with E-state index in [9.17, 15) is 4.39 Å². The molecular formula is C20H16Cl2FN3S. The Bertz CT molecular complexity index is 1000. The third kappa shape index (κ3) is 3.68. The normalized spacial score (nSPS) is 16.1. The molecule has 138 valence electrons. The van der Waals surface area contributed by atoms with Crippen LogP contribution in [-0.2, 0) is 6.54 Å². The fraction of sp³-hybridized carbons (Fsp3) is 0.150. The molecule has 1 aliphatic heterocycles. The predicted octanol–water partition coefficient (Wildman–Crippen LogP) is 5.74. The van der Waals surface area contributed by atoms with Gasteiger partial charge in [-0.2, -0.15) is 0 Å². The zero-order valence-electron chi connectivity index (χ0n) is 14.2. The van der Waals surface area contributed by atoms with Crippen LogP contribution in [0.25, 0.3) is 0 Å². The van der Waals surface area contributed by atoms with Crippen LogP contribution >= 0.6 is 35.4 Å². The summed E-state index contributed by atoms with van der Waals surface area (Å²) >= 11 is 18.3. The average molecular weight is 420 g/mol. The molecular weight excluding hydrogens is 404 g/mol. The fourth-order valence-electron chi connectivity index (χ4n) is 3.41. The van der Waals surface area contributed by atoms with E-state index >= 15 is 0 Å². The Balaban J connectivity index is 1.71. The molecule has 0 saturated carbocycles. The van der Waals surface area contributed by atoms with Crippen molar-refractivity contribution in [3.05, 3.63) is 87.9 Å². The maximum absolute atomic E-state index is 13.5. The van der Waals surface area contributed by atoms with Crippen molar-refractivity contribution in [3.8, 4) is 0 Å². The number of hydrogen-bond acceptors (Lipinski definition) is 1. The molecule has 0 saturated heterocycles. The topological polar surface area (TPSA) is 20.2 Å². The first-order valence-corrected chi connectivity index (χ1v) is 9.62. The van der Waals surface area contributed by atoms with E-state index in [-0.39, 0.29) is 11.9 Å². The summed E-state index contributed by atoms with van der Waals surface area (Å²) in [7, 11) is 0. The van der Waals surface area contributed by atoms with Crippen LogP contribution in [0.3, 0.4) is 0 Å². The molecule has 0 radical (unpaired) electrons. The van der Waals surface area contributed by atoms with E-state index in [1.54, 1.807) is 18.2 Å². The van der Waals surface area contributed by atoms with Crippen LogP contribution in [0.2, 0.25) is 10.0 Å². The van der Waals surface area contributed by atoms with E-state index in [0.717, 1.165) is 17.8 Å². The smallest absolute Gasteiger partial charge is 0.174 e. The lowest BCUT2D eigenvalue weighted by Gasteiger charge is -2.39. The second-order valence-corrected chi connectivity index (χ2v) is 7.56. The SMILES string of the molecule is Fc1cccc(NC(=S)N2CCn3cccc3C2c2ccc(Cl)cc2Cl)c1. The lowest BCUT2D eigenvalue weighted by Crippen LogP contribution is -2.44. The first-order valence-electron chi connectivity index (χ1n) is 8.46. The minimum absolute atomic E-state index is 0.160. The van der Waals surface area contributed by atoms with Gasteiger partial charge in [-0.15, -0.1) is 0 Å². The quantitative estimate of drug-likeness (QED) is 0.535. The van der Waals surface area contributed by atoms with E-state index in [1.165, 1.54) is 12.1 Å². The molecule has 27 heavy (non-hydrogen) atoms. The van der Waals surface area contributed by atoms with Gasteiger partial charge in [0, 0.05) is 40.7 Å². The summed E-state index contributed by atoms with van der Waals surface area (Å²) in [6, 6.07) is 15.7. The summed E-state index contributed by atoms with van der Waals surface area (Å²) < 4.78 is 15.7. The van der Waals surface area contributed by atoms with E-state index < -0.39 is 0 Å². The highest BCUT2D eigenvalue weighted by atomic mass is 35.5. The van der Waals surface area contributed by atoms with Crippen molar-refractivity contribution >= 4 is 46.2 Å². The van der Waals surface area contributed by atoms with Gasteiger partial charge in [0.1, 0.15) is 5.82 Å². The summed E-state index contributed by atoms with van der Waals surface area (Å²) in [5.74, 6) is -0.312. The van der Waals surface area contributed by atoms with Crippen molar-refractivity contribution in [2.75, 3.05) is 11.9 Å². The number of thiocarbonyl (C=S) groups is 1. The van der Waals surface area contributed by atoms with Crippen LogP contribution in [0.1, 0.15) is 17.3 Å². The van der Waals surface area contributed by atoms with Gasteiger partial charge in [-0.05, 0) is 60.2 Å². The molecule has 2 aromatic carbocycles. The molecule has 3 nitrogen and oxygen atoms in total. The van der Waals surface area contributed by atoms with Gasteiger partial charge in [0.15, 0.2) is 5.11 Å². The van der Waals surface area contributed by atoms with Crippen LogP contribution < -0.4 is 5.32 Å². The number of aromatic nitrogens is 1. The Morgan fingerprint density at radius 2 is 1.93 bits per heavy atom. The second kappa shape index (κ2) is 7.50. The van der Waals surface area contributed by atoms with Crippen molar-refractivity contribution in [1.82, 2.24) is 9.47 Å². The first kappa shape index (κ1) is 18.3. The number of anilines is 1. The molecule has 1 aliphatic rings. The van der Waals surface area contributed by atoms with Crippen LogP contribution in [0.15, 0.2) is 60.8 Å². The van der Waals surface area contributed by atoms with Crippen LogP contribution in [-0.4, -0.2) is 21.1 Å². The molecule has 3 aromatic rings. The summed E-state index contributed by atoms with van der Waals surface area (Å²) in [6.07, 6.45) is 2.05. The van der Waals surface area contributed by atoms with Gasteiger partial charge in [0.2, 0.25) is 0 Å². The van der Waals surface area contributed by atoms with Crippen LogP contribution in [0.4, 0.5) is 10.1 Å². The van der Waals surface area contributed by atoms with E-state index in [4.69, 9.17) is 35.4 Å². The van der Waals surface area contributed by atoms with Crippen molar-refractivity contribution < 1.29 is 4.39 Å². The van der Waals surface area contributed by atoms with Crippen LogP contribution in [0, 0.1) is 5.82 Å². The van der Waals surface area contributed by atoms with Crippen molar-refractivity contribution in [2.24, 2.45) is 0 Å². The van der Waals surface area contributed by atoms with Gasteiger partial charge in [-0.3, -0.25) is 0 Å². The standard InChI is InChI=1S/C20H16Cl2FN3S/c21-13-6-7-16(17(22)11-13)19-18-5-2-8-25(18)9-10-26(19)20(27)24-15-4-1-3-14(23)12-15/h1-8,11-12,19H,9-10H2,(H,24,27). The summed E-state index contributed by atoms with van der Waals surface area (Å²) in [5.41, 5.74) is 2.62. The molecule has 1 aromatic heterocycles. The van der Waals surface area contributed by atoms with Gasteiger partial charge in [0.25, 0.3) is 0 Å². The molecule has 1 atom stereocenters. The Kier molecular flexibility index (Phi) is 5.08. The third-order valence-corrected chi connectivity index (χ3v) is 5.53. The Hall–Kier alpha value is -2.08. The maximum Gasteiger partial charge on any atom is 0.174 e. The molecule has 7 heteroatoms. The maximum atomic E-state index is 13.5. The molecule has 1 N–H and O–H groups in total. The van der Waals surface area contributed by atoms with Crippen molar-refractivity contribution in [3.63, 3.8) is 0 Å². The lowest BCUT2D eigenvalue weighted by atomic mass is 10.00. The van der Waals surface area contributed by atoms with E-state index in [1.807, 2.05) is 24.4 Å². The number of halogens is 3. The predicted molar refractivity (Wildman–Crippen MR) is 112 cm³/mol. The highest BCUT2D eigenvalue weighted by molar-refractivity contribution is 7.80. The molecule has 0 fully saturated rings. The highest BCUT2D eigenvalue weighted by Crippen LogP contribution is 2.37. The highest BCUT2D eigenvalue weighted by Gasteiger charge is 2.32. The van der Waals surface area contributed by atoms with Gasteiger partial charge in [0.05, 0.1) is 6.04 Å². The minimum Gasteiger partial charge on any atom is -0.348 e. The number of hydrogen-bond donors (Lipinski definition) is 1. The van der Waals surface area contributed by atoms with Gasteiger partial charge < -0.3 is 14.8 Å². The number of fused-ring (bicyclic) bond motifs is 1. The molecule has 0 spiro atoms. The number of nitrogens with one attached hydrogen (secondary N) is 1. The van der Waals surface area contributed by atoms with Gasteiger partial charge in [-0.1, -0.05) is 35.3 Å². The summed E-state index contributed by atoms with van der Waals surface area (Å²) in [6.45, 7) is 1.50. The van der Waals surface area contributed by atoms with Crippen molar-refractivity contribution in [1.29, 1.82) is 0 Å². The third-order valence-electron chi connectivity index (χ3n) is 4.63. The van der Waals surface area contributed by atoms with E-state index in [2.05, 4.69) is 20.9 Å². The van der Waals surface area contributed by atoms with Gasteiger partial charge in [-0.25, -0.2) is 4.39 Å². The number of nitrogens with zero attached hydrogens (tertiary/aromatic N) is 2. The molecule has 1 unspecified atom stereocenters. The Labute approximate surface area is 172 Å². The molecule has 0 bridgehead atoms. The lowest BCUT2D eigenvalue weighted by molar-refractivity contribution is 0.293. The number of rotatable bonds is 2. The van der Waals surface area contributed by atoms with Gasteiger partial charge >= 0.3 is 0 Å². The van der Waals surface area contributed by atoms with Crippen LogP contribution in [0.5, 0.6) is 0 Å². The minimum atomic E-state index is -0.312. The van der Waals surface area contributed by atoms with E-state index in [0.29, 0.717) is 27.4 Å². The average Bonchev–Trinajstić information content (AvgIpc) is 3.10. The molecule has 4 rings (SSSR count). The summed E-state index contributed by atoms with van der Waals surface area (Å²) in [4.78, 5) is 2.07. The Morgan fingerprint density at radius 1 is 1.07 bits per heavy atom. The second-order valence-electron chi connectivity index (χ2n) is 6.33. The Morgan fingerprint density at radius 3 is 2.70 bits per heavy atom. The zero-order valence-corrected chi connectivity index (χ0v) is 16.5. The fourth-order valence-corrected chi connectivity index (χ4v) is 4.24. The first-order chi connectivity index (χ1) is 13.0. The summed E-state index contributed by atoms with van der Waals surface area (Å²) in [5, 5.41) is 4.83. The monoisotopic (exact) mass is 419 g/mol. The number of benzene rings is 2. The van der Waals surface area contributed by atoms with Crippen molar-refractivity contribution in [2.45, 2.75) is 12.6 Å². The molecule has 0 aliphatic carbocycles.